The topological polar surface area (TPSA) is 26.0 Å². The molecule has 3 heteroatoms. The number of hydrogen-bond donors (Lipinski definition) is 1. The van der Waals surface area contributed by atoms with E-state index in [1.54, 1.807) is 6.07 Å². The van der Waals surface area contributed by atoms with Crippen molar-refractivity contribution in [2.75, 3.05) is 6.54 Å². The number of halogens is 2. The van der Waals surface area contributed by atoms with Crippen LogP contribution in [0.5, 0.6) is 0 Å². The molecule has 0 heterocycles. The second kappa shape index (κ2) is 3.83. The largest absolute Gasteiger partial charge is 0.330 e. The third kappa shape index (κ3) is 1.62. The van der Waals surface area contributed by atoms with E-state index in [4.69, 9.17) is 5.73 Å². The van der Waals surface area contributed by atoms with E-state index < -0.39 is 0 Å². The Bertz CT molecular complexity index is 399. The van der Waals surface area contributed by atoms with Gasteiger partial charge in [-0.05, 0) is 64.1 Å². The third-order valence-corrected chi connectivity index (χ3v) is 3.08. The van der Waals surface area contributed by atoms with Crippen molar-refractivity contribution in [2.45, 2.75) is 12.8 Å². The lowest BCUT2D eigenvalue weighted by molar-refractivity contribution is 0.619. The van der Waals surface area contributed by atoms with Gasteiger partial charge >= 0.3 is 0 Å². The van der Waals surface area contributed by atoms with Crippen molar-refractivity contribution in [3.05, 3.63) is 39.6 Å². The molecule has 0 atom stereocenters. The maximum Gasteiger partial charge on any atom is 0.137 e. The molecule has 0 saturated carbocycles. The summed E-state index contributed by atoms with van der Waals surface area (Å²) in [5.41, 5.74) is 8.95. The fourth-order valence-electron chi connectivity index (χ4n) is 1.79. The van der Waals surface area contributed by atoms with E-state index in [0.717, 1.165) is 24.0 Å². The highest BCUT2D eigenvalue weighted by Crippen LogP contribution is 2.33. The first-order chi connectivity index (χ1) is 6.72. The van der Waals surface area contributed by atoms with E-state index >= 15 is 0 Å². The second-order valence-electron chi connectivity index (χ2n) is 3.40. The average Bonchev–Trinajstić information content (AvgIpc) is 2.51. The van der Waals surface area contributed by atoms with Crippen LogP contribution in [0.15, 0.2) is 22.7 Å². The minimum Gasteiger partial charge on any atom is -0.330 e. The maximum absolute atomic E-state index is 13.2. The number of allylic oxidation sites excluding steroid dienone is 1. The molecule has 1 aromatic rings. The minimum absolute atomic E-state index is 0.189. The smallest absolute Gasteiger partial charge is 0.137 e. The maximum atomic E-state index is 13.2. The van der Waals surface area contributed by atoms with Crippen LogP contribution in [0.2, 0.25) is 0 Å². The molecule has 1 aromatic carbocycles. The van der Waals surface area contributed by atoms with Crippen molar-refractivity contribution in [2.24, 2.45) is 5.73 Å². The van der Waals surface area contributed by atoms with Gasteiger partial charge in [0, 0.05) is 0 Å². The van der Waals surface area contributed by atoms with E-state index in [2.05, 4.69) is 22.0 Å². The Morgan fingerprint density at radius 3 is 2.93 bits per heavy atom. The lowest BCUT2D eigenvalue weighted by Gasteiger charge is -2.05. The van der Waals surface area contributed by atoms with Gasteiger partial charge in [-0.2, -0.15) is 0 Å². The Hall–Kier alpha value is -0.670. The molecule has 74 valence electrons. The molecule has 0 radical (unpaired) electrons. The van der Waals surface area contributed by atoms with Crippen LogP contribution in [0, 0.1) is 5.82 Å². The van der Waals surface area contributed by atoms with Gasteiger partial charge in [-0.25, -0.2) is 4.39 Å². The minimum atomic E-state index is -0.189. The van der Waals surface area contributed by atoms with E-state index in [0.29, 0.717) is 11.0 Å². The first kappa shape index (κ1) is 9.87. The van der Waals surface area contributed by atoms with Crippen LogP contribution < -0.4 is 5.73 Å². The van der Waals surface area contributed by atoms with E-state index in [9.17, 15) is 4.39 Å². The van der Waals surface area contributed by atoms with Crippen molar-refractivity contribution in [3.63, 3.8) is 0 Å². The van der Waals surface area contributed by atoms with Crippen LogP contribution in [-0.4, -0.2) is 6.54 Å². The zero-order valence-electron chi connectivity index (χ0n) is 7.69. The Balaban J connectivity index is 2.41. The van der Waals surface area contributed by atoms with Gasteiger partial charge in [-0.15, -0.1) is 0 Å². The fourth-order valence-corrected chi connectivity index (χ4v) is 2.13. The molecular weight excluding hydrogens is 245 g/mol. The molecule has 14 heavy (non-hydrogen) atoms. The van der Waals surface area contributed by atoms with Crippen molar-refractivity contribution in [1.82, 2.24) is 0 Å². The van der Waals surface area contributed by atoms with E-state index in [1.165, 1.54) is 5.57 Å². The molecule has 0 unspecified atom stereocenters. The molecule has 0 aromatic heterocycles. The second-order valence-corrected chi connectivity index (χ2v) is 4.25. The lowest BCUT2D eigenvalue weighted by Crippen LogP contribution is -1.99. The molecule has 2 rings (SSSR count). The summed E-state index contributed by atoms with van der Waals surface area (Å²) in [4.78, 5) is 0. The summed E-state index contributed by atoms with van der Waals surface area (Å²) < 4.78 is 13.7. The highest BCUT2D eigenvalue weighted by atomic mass is 79.9. The first-order valence-corrected chi connectivity index (χ1v) is 5.39. The summed E-state index contributed by atoms with van der Waals surface area (Å²) in [6.45, 7) is 0.639. The zero-order chi connectivity index (χ0) is 10.1. The van der Waals surface area contributed by atoms with Crippen molar-refractivity contribution in [3.8, 4) is 0 Å². The summed E-state index contributed by atoms with van der Waals surface area (Å²) in [6.07, 6.45) is 3.82. The van der Waals surface area contributed by atoms with Gasteiger partial charge in [0.15, 0.2) is 0 Å². The van der Waals surface area contributed by atoms with Crippen molar-refractivity contribution >= 4 is 21.5 Å². The van der Waals surface area contributed by atoms with Gasteiger partial charge in [0.1, 0.15) is 5.82 Å². The number of hydrogen-bond acceptors (Lipinski definition) is 1. The monoisotopic (exact) mass is 255 g/mol. The molecule has 1 nitrogen and oxygen atoms in total. The normalized spacial score (nSPS) is 14.1. The molecule has 1 aliphatic rings. The number of benzene rings is 1. The average molecular weight is 256 g/mol. The van der Waals surface area contributed by atoms with Crippen LogP contribution in [0.4, 0.5) is 4.39 Å². The molecule has 0 spiro atoms. The van der Waals surface area contributed by atoms with Gasteiger partial charge in [-0.3, -0.25) is 0 Å². The summed E-state index contributed by atoms with van der Waals surface area (Å²) >= 11 is 3.19. The summed E-state index contributed by atoms with van der Waals surface area (Å²) in [5, 5.41) is 0. The Morgan fingerprint density at radius 1 is 1.43 bits per heavy atom. The molecular formula is C11H11BrFN. The van der Waals surface area contributed by atoms with E-state index in [1.807, 2.05) is 6.07 Å². The third-order valence-electron chi connectivity index (χ3n) is 2.47. The summed E-state index contributed by atoms with van der Waals surface area (Å²) in [5.74, 6) is -0.189. The highest BCUT2D eigenvalue weighted by molar-refractivity contribution is 9.10. The van der Waals surface area contributed by atoms with Crippen LogP contribution in [0.1, 0.15) is 17.5 Å². The van der Waals surface area contributed by atoms with Crippen LogP contribution in [0.25, 0.3) is 5.57 Å². The number of nitrogens with two attached hydrogens (primary N) is 1. The number of fused-ring (bicyclic) bond motifs is 1. The van der Waals surface area contributed by atoms with Gasteiger partial charge in [0.25, 0.3) is 0 Å². The Kier molecular flexibility index (Phi) is 2.70. The summed E-state index contributed by atoms with van der Waals surface area (Å²) in [7, 11) is 0. The van der Waals surface area contributed by atoms with E-state index in [-0.39, 0.29) is 5.82 Å². The standard InChI is InChI=1S/C11H11BrFN/c12-10-6-9-7(3-4-14)1-2-8(9)5-11(10)13/h1,5-6H,2-4,14H2. The predicted octanol–water partition coefficient (Wildman–Crippen LogP) is 2.88. The number of rotatable bonds is 2. The lowest BCUT2D eigenvalue weighted by atomic mass is 10.0. The first-order valence-electron chi connectivity index (χ1n) is 4.59. The predicted molar refractivity (Wildman–Crippen MR) is 59.5 cm³/mol. The van der Waals surface area contributed by atoms with Gasteiger partial charge < -0.3 is 5.73 Å². The van der Waals surface area contributed by atoms with Crippen LogP contribution in [0.3, 0.4) is 0 Å². The van der Waals surface area contributed by atoms with Crippen molar-refractivity contribution in [1.29, 1.82) is 0 Å². The van der Waals surface area contributed by atoms with Gasteiger partial charge in [0.05, 0.1) is 4.47 Å². The molecule has 0 bridgehead atoms. The molecule has 2 N–H and O–H groups in total. The molecule has 1 aliphatic carbocycles. The molecule has 0 saturated heterocycles. The fraction of sp³-hybridized carbons (Fsp3) is 0.273. The Labute approximate surface area is 90.9 Å². The van der Waals surface area contributed by atoms with Gasteiger partial charge in [0.2, 0.25) is 0 Å². The molecule has 0 amide bonds. The van der Waals surface area contributed by atoms with Crippen molar-refractivity contribution < 1.29 is 4.39 Å². The van der Waals surface area contributed by atoms with Crippen LogP contribution >= 0.6 is 15.9 Å². The quantitative estimate of drug-likeness (QED) is 0.865. The molecule has 0 fully saturated rings. The van der Waals surface area contributed by atoms with Crippen LogP contribution in [-0.2, 0) is 6.42 Å². The zero-order valence-corrected chi connectivity index (χ0v) is 9.27. The molecule has 0 aliphatic heterocycles. The summed E-state index contributed by atoms with van der Waals surface area (Å²) in [6, 6.07) is 3.44. The SMILES string of the molecule is NCCC1=CCc2cc(F)c(Br)cc21. The van der Waals surface area contributed by atoms with Gasteiger partial charge in [-0.1, -0.05) is 6.08 Å². The Morgan fingerprint density at radius 2 is 2.21 bits per heavy atom. The highest BCUT2D eigenvalue weighted by Gasteiger charge is 2.15.